The van der Waals surface area contributed by atoms with Crippen molar-refractivity contribution in [2.24, 2.45) is 5.41 Å². The Hall–Kier alpha value is -3.68. The first-order valence-corrected chi connectivity index (χ1v) is 11.8. The number of hydrogen-bond acceptors (Lipinski definition) is 5. The number of rotatable bonds is 6. The van der Waals surface area contributed by atoms with E-state index in [2.05, 4.69) is 10.6 Å². The highest BCUT2D eigenvalue weighted by atomic mass is 16.4. The molecule has 2 heterocycles. The van der Waals surface area contributed by atoms with Gasteiger partial charge in [0.2, 0.25) is 11.8 Å². The van der Waals surface area contributed by atoms with E-state index in [-0.39, 0.29) is 37.1 Å². The van der Waals surface area contributed by atoms with Crippen molar-refractivity contribution in [2.75, 3.05) is 11.9 Å². The molecular formula is C27H30N3O5-. The molecule has 4 rings (SSSR count). The van der Waals surface area contributed by atoms with Crippen LogP contribution in [0.1, 0.15) is 54.6 Å². The molecule has 2 aliphatic rings. The number of nitrogens with zero attached hydrogens (tertiary/aromatic N) is 1. The van der Waals surface area contributed by atoms with Gasteiger partial charge < -0.3 is 25.4 Å². The predicted molar refractivity (Wildman–Crippen MR) is 129 cm³/mol. The number of aliphatic carboxylic acids is 1. The Balaban J connectivity index is 1.54. The maximum atomic E-state index is 13.5. The maximum Gasteiger partial charge on any atom is 0.256 e. The molecule has 3 amide bonds. The molecule has 2 aliphatic heterocycles. The molecule has 2 N–H and O–H groups in total. The molecule has 2 atom stereocenters. The van der Waals surface area contributed by atoms with Gasteiger partial charge in [-0.05, 0) is 66.5 Å². The normalized spacial score (nSPS) is 19.5. The molecule has 0 radical (unpaired) electrons. The lowest BCUT2D eigenvalue weighted by Gasteiger charge is -2.25. The number of carboxylic acids is 1. The van der Waals surface area contributed by atoms with E-state index in [9.17, 15) is 24.3 Å². The van der Waals surface area contributed by atoms with Crippen LogP contribution in [0.3, 0.4) is 0 Å². The van der Waals surface area contributed by atoms with E-state index in [0.717, 1.165) is 22.3 Å². The molecular weight excluding hydrogens is 446 g/mol. The molecule has 0 spiro atoms. The minimum atomic E-state index is -1.21. The fourth-order valence-electron chi connectivity index (χ4n) is 5.01. The zero-order chi connectivity index (χ0) is 25.5. The molecule has 1 saturated heterocycles. The lowest BCUT2D eigenvalue weighted by Crippen LogP contribution is -2.41. The molecule has 184 valence electrons. The number of fused-ring (bicyclic) bond motifs is 2. The fourth-order valence-corrected chi connectivity index (χ4v) is 5.01. The third kappa shape index (κ3) is 5.06. The first-order valence-electron chi connectivity index (χ1n) is 11.8. The average Bonchev–Trinajstić information content (AvgIpc) is 3.14. The van der Waals surface area contributed by atoms with Crippen LogP contribution in [0.25, 0.3) is 11.1 Å². The van der Waals surface area contributed by atoms with Gasteiger partial charge >= 0.3 is 0 Å². The van der Waals surface area contributed by atoms with E-state index in [0.29, 0.717) is 17.7 Å². The summed E-state index contributed by atoms with van der Waals surface area (Å²) in [6, 6.07) is 10.4. The molecule has 0 bridgehead atoms. The summed E-state index contributed by atoms with van der Waals surface area (Å²) in [5.74, 6) is -2.07. The second kappa shape index (κ2) is 9.17. The van der Waals surface area contributed by atoms with Crippen molar-refractivity contribution >= 4 is 29.4 Å². The number of carboxylic acid groups (broad SMARTS) is 1. The Morgan fingerprint density at radius 2 is 1.86 bits per heavy atom. The summed E-state index contributed by atoms with van der Waals surface area (Å²) in [4.78, 5) is 51.5. The molecule has 2 aromatic rings. The van der Waals surface area contributed by atoms with Gasteiger partial charge in [0.25, 0.3) is 5.91 Å². The Morgan fingerprint density at radius 1 is 1.11 bits per heavy atom. The van der Waals surface area contributed by atoms with Crippen molar-refractivity contribution in [1.29, 1.82) is 0 Å². The molecule has 35 heavy (non-hydrogen) atoms. The van der Waals surface area contributed by atoms with Crippen molar-refractivity contribution in [3.05, 3.63) is 53.1 Å². The third-order valence-corrected chi connectivity index (χ3v) is 6.92. The maximum absolute atomic E-state index is 13.5. The van der Waals surface area contributed by atoms with Gasteiger partial charge in [-0.15, -0.1) is 0 Å². The average molecular weight is 477 g/mol. The van der Waals surface area contributed by atoms with E-state index in [4.69, 9.17) is 0 Å². The first kappa shape index (κ1) is 24.4. The minimum Gasteiger partial charge on any atom is -0.550 e. The Bertz CT molecular complexity index is 1220. The summed E-state index contributed by atoms with van der Waals surface area (Å²) in [6.07, 6.45) is 0.0622. The second-order valence-corrected chi connectivity index (χ2v) is 10.4. The molecule has 0 unspecified atom stereocenters. The molecule has 0 saturated carbocycles. The third-order valence-electron chi connectivity index (χ3n) is 6.92. The number of carbonyl (C=O) groups is 4. The highest BCUT2D eigenvalue weighted by Crippen LogP contribution is 2.34. The van der Waals surface area contributed by atoms with Gasteiger partial charge in [-0.2, -0.15) is 0 Å². The molecule has 8 heteroatoms. The van der Waals surface area contributed by atoms with Crippen LogP contribution in [-0.2, 0) is 14.4 Å². The van der Waals surface area contributed by atoms with E-state index < -0.39 is 23.5 Å². The number of benzene rings is 2. The number of hydrogen-bond donors (Lipinski definition) is 2. The van der Waals surface area contributed by atoms with E-state index in [1.807, 2.05) is 44.2 Å². The number of nitrogens with one attached hydrogen (secondary N) is 2. The minimum absolute atomic E-state index is 0.00429. The highest BCUT2D eigenvalue weighted by Gasteiger charge is 2.43. The molecule has 0 aliphatic carbocycles. The molecule has 0 aromatic heterocycles. The van der Waals surface area contributed by atoms with Crippen LogP contribution in [0, 0.1) is 19.3 Å². The lowest BCUT2D eigenvalue weighted by atomic mass is 9.85. The van der Waals surface area contributed by atoms with Crippen LogP contribution < -0.4 is 15.7 Å². The van der Waals surface area contributed by atoms with Gasteiger partial charge in [-0.3, -0.25) is 14.4 Å². The quantitative estimate of drug-likeness (QED) is 0.663. The summed E-state index contributed by atoms with van der Waals surface area (Å²) in [5, 5.41) is 16.7. The predicted octanol–water partition coefficient (Wildman–Crippen LogP) is 2.18. The van der Waals surface area contributed by atoms with E-state index in [1.165, 1.54) is 4.90 Å². The largest absolute Gasteiger partial charge is 0.550 e. The summed E-state index contributed by atoms with van der Waals surface area (Å²) >= 11 is 0. The topological polar surface area (TPSA) is 119 Å². The van der Waals surface area contributed by atoms with Crippen molar-refractivity contribution < 1.29 is 24.3 Å². The van der Waals surface area contributed by atoms with Crippen LogP contribution in [0.15, 0.2) is 36.4 Å². The number of aryl methyl sites for hydroxylation is 1. The first-order chi connectivity index (χ1) is 16.4. The van der Waals surface area contributed by atoms with Gasteiger partial charge in [-0.1, -0.05) is 38.1 Å². The molecule has 8 nitrogen and oxygen atoms in total. The molecule has 1 fully saturated rings. The van der Waals surface area contributed by atoms with Gasteiger partial charge in [-0.25, -0.2) is 0 Å². The second-order valence-electron chi connectivity index (χ2n) is 10.4. The Kier molecular flexibility index (Phi) is 6.40. The van der Waals surface area contributed by atoms with Crippen LogP contribution in [0.4, 0.5) is 5.69 Å². The number of carbonyl (C=O) groups excluding carboxylic acids is 4. The SMILES string of the molecule is Cc1cccc(-c2ccc3c(c2)C(=O)N2C[C@@H](NC(=O)CC(C)(C)CC(=O)[O-])C[C@H]2C(=O)N3)c1C. The summed E-state index contributed by atoms with van der Waals surface area (Å²) in [6.45, 7) is 7.66. The van der Waals surface area contributed by atoms with Crippen LogP contribution in [0.2, 0.25) is 0 Å². The van der Waals surface area contributed by atoms with Crippen molar-refractivity contribution in [3.63, 3.8) is 0 Å². The summed E-state index contributed by atoms with van der Waals surface area (Å²) in [7, 11) is 0. The van der Waals surface area contributed by atoms with Crippen LogP contribution in [0.5, 0.6) is 0 Å². The van der Waals surface area contributed by atoms with Crippen molar-refractivity contribution in [3.8, 4) is 11.1 Å². The van der Waals surface area contributed by atoms with E-state index >= 15 is 0 Å². The fraction of sp³-hybridized carbons (Fsp3) is 0.407. The van der Waals surface area contributed by atoms with Crippen LogP contribution in [-0.4, -0.2) is 47.2 Å². The summed E-state index contributed by atoms with van der Waals surface area (Å²) < 4.78 is 0. The zero-order valence-corrected chi connectivity index (χ0v) is 20.4. The smallest absolute Gasteiger partial charge is 0.256 e. The Labute approximate surface area is 204 Å². The lowest BCUT2D eigenvalue weighted by molar-refractivity contribution is -0.307. The number of amides is 3. The highest BCUT2D eigenvalue weighted by molar-refractivity contribution is 6.11. The van der Waals surface area contributed by atoms with Gasteiger partial charge in [0.1, 0.15) is 6.04 Å². The standard InChI is InChI=1S/C27H31N3O5/c1-15-6-5-7-19(16(15)2)17-8-9-21-20(10-17)26(35)30-14-18(11-22(30)25(34)29-21)28-23(31)12-27(3,4)13-24(32)33/h5-10,18,22H,11-14H2,1-4H3,(H,28,31)(H,29,34)(H,32,33)/p-1/t18-,22-/m0/s1. The van der Waals surface area contributed by atoms with Crippen LogP contribution >= 0.6 is 0 Å². The molecule has 2 aromatic carbocycles. The van der Waals surface area contributed by atoms with Gasteiger partial charge in [0, 0.05) is 25.0 Å². The van der Waals surface area contributed by atoms with Gasteiger partial charge in [0.15, 0.2) is 0 Å². The number of anilines is 1. The monoisotopic (exact) mass is 476 g/mol. The van der Waals surface area contributed by atoms with E-state index in [1.54, 1.807) is 19.9 Å². The summed E-state index contributed by atoms with van der Waals surface area (Å²) in [5.41, 5.74) is 4.33. The Morgan fingerprint density at radius 3 is 2.57 bits per heavy atom. The van der Waals surface area contributed by atoms with Crippen molar-refractivity contribution in [2.45, 2.75) is 59.0 Å². The van der Waals surface area contributed by atoms with Crippen molar-refractivity contribution in [1.82, 2.24) is 10.2 Å². The van der Waals surface area contributed by atoms with Gasteiger partial charge in [0.05, 0.1) is 11.3 Å². The zero-order valence-electron chi connectivity index (χ0n) is 20.4.